The van der Waals surface area contributed by atoms with E-state index in [0.29, 0.717) is 24.5 Å². The normalized spacial score (nSPS) is 14.3. The van der Waals surface area contributed by atoms with E-state index in [2.05, 4.69) is 9.97 Å². The molecule has 2 N–H and O–H groups in total. The highest BCUT2D eigenvalue weighted by molar-refractivity contribution is 5.97. The summed E-state index contributed by atoms with van der Waals surface area (Å²) in [6.45, 7) is 1.91. The Kier molecular flexibility index (Phi) is 2.47. The molecule has 3 rings (SSSR count). The van der Waals surface area contributed by atoms with E-state index in [4.69, 9.17) is 5.73 Å². The average molecular weight is 243 g/mol. The van der Waals surface area contributed by atoms with Gasteiger partial charge in [-0.15, -0.1) is 0 Å². The predicted molar refractivity (Wildman–Crippen MR) is 65.6 cm³/mol. The number of nitrogens with zero attached hydrogens (tertiary/aromatic N) is 4. The molecule has 2 aromatic heterocycles. The third-order valence-corrected chi connectivity index (χ3v) is 3.07. The second-order valence-corrected chi connectivity index (χ2v) is 4.20. The van der Waals surface area contributed by atoms with Gasteiger partial charge in [0.2, 0.25) is 0 Å². The lowest BCUT2D eigenvalue weighted by Crippen LogP contribution is -2.38. The van der Waals surface area contributed by atoms with Gasteiger partial charge in [0.05, 0.1) is 12.2 Å². The molecule has 3 heterocycles. The number of nitrogens with two attached hydrogens (primary N) is 1. The number of carbonyl (C=O) groups excluding carboxylic acids is 1. The molecule has 0 bridgehead atoms. The van der Waals surface area contributed by atoms with Crippen molar-refractivity contribution in [2.75, 3.05) is 12.3 Å². The first kappa shape index (κ1) is 10.8. The molecule has 0 radical (unpaired) electrons. The fourth-order valence-corrected chi connectivity index (χ4v) is 2.09. The molecule has 0 atom stereocenters. The van der Waals surface area contributed by atoms with E-state index >= 15 is 0 Å². The fourth-order valence-electron chi connectivity index (χ4n) is 2.09. The Balaban J connectivity index is 1.85. The highest BCUT2D eigenvalue weighted by Crippen LogP contribution is 2.15. The summed E-state index contributed by atoms with van der Waals surface area (Å²) in [5.74, 6) is 0.756. The van der Waals surface area contributed by atoms with E-state index in [0.717, 1.165) is 12.4 Å². The average Bonchev–Trinajstić information content (AvgIpc) is 2.85. The van der Waals surface area contributed by atoms with Crippen molar-refractivity contribution < 1.29 is 4.79 Å². The van der Waals surface area contributed by atoms with Crippen LogP contribution in [-0.2, 0) is 13.1 Å². The van der Waals surface area contributed by atoms with Crippen molar-refractivity contribution in [2.24, 2.45) is 0 Å². The van der Waals surface area contributed by atoms with Gasteiger partial charge in [0.1, 0.15) is 5.82 Å². The van der Waals surface area contributed by atoms with Gasteiger partial charge in [-0.25, -0.2) is 9.97 Å². The van der Waals surface area contributed by atoms with Gasteiger partial charge in [0, 0.05) is 31.7 Å². The Labute approximate surface area is 104 Å². The molecule has 6 heteroatoms. The van der Waals surface area contributed by atoms with Crippen LogP contribution < -0.4 is 5.73 Å². The van der Waals surface area contributed by atoms with E-state index in [1.54, 1.807) is 29.4 Å². The Hall–Kier alpha value is -2.37. The van der Waals surface area contributed by atoms with Crippen LogP contribution in [0.4, 0.5) is 5.69 Å². The Morgan fingerprint density at radius 3 is 3.00 bits per heavy atom. The van der Waals surface area contributed by atoms with Crippen LogP contribution in [0, 0.1) is 0 Å². The van der Waals surface area contributed by atoms with E-state index in [1.165, 1.54) is 0 Å². The summed E-state index contributed by atoms with van der Waals surface area (Å²) in [6.07, 6.45) is 5.25. The molecular formula is C12H13N5O. The number of imidazole rings is 1. The van der Waals surface area contributed by atoms with Gasteiger partial charge in [0.15, 0.2) is 5.69 Å². The third kappa shape index (κ3) is 1.71. The molecule has 1 aliphatic rings. The molecule has 0 saturated heterocycles. The van der Waals surface area contributed by atoms with Gasteiger partial charge < -0.3 is 15.2 Å². The Morgan fingerprint density at radius 2 is 2.17 bits per heavy atom. The Bertz CT molecular complexity index is 592. The molecule has 18 heavy (non-hydrogen) atoms. The maximum absolute atomic E-state index is 12.3. The number of carbonyl (C=O) groups is 1. The molecule has 1 amide bonds. The number of amides is 1. The summed E-state index contributed by atoms with van der Waals surface area (Å²) in [5.41, 5.74) is 6.50. The van der Waals surface area contributed by atoms with Crippen LogP contribution in [0.5, 0.6) is 0 Å². The van der Waals surface area contributed by atoms with Crippen molar-refractivity contribution in [3.8, 4) is 0 Å². The molecule has 0 saturated carbocycles. The van der Waals surface area contributed by atoms with Crippen LogP contribution in [0.25, 0.3) is 0 Å². The van der Waals surface area contributed by atoms with Gasteiger partial charge in [-0.2, -0.15) is 0 Å². The van der Waals surface area contributed by atoms with Crippen molar-refractivity contribution in [3.05, 3.63) is 42.2 Å². The highest BCUT2D eigenvalue weighted by Gasteiger charge is 2.24. The maximum atomic E-state index is 12.3. The number of fused-ring (bicyclic) bond motifs is 1. The van der Waals surface area contributed by atoms with E-state index in [-0.39, 0.29) is 5.91 Å². The standard InChI is InChI=1S/C12H13N5O/c13-9-2-1-3-15-11(9)12(18)17-7-6-16-5-4-14-10(16)8-17/h1-5H,6-8,13H2. The van der Waals surface area contributed by atoms with Gasteiger partial charge in [-0.1, -0.05) is 0 Å². The fraction of sp³-hybridized carbons (Fsp3) is 0.250. The minimum atomic E-state index is -0.137. The molecule has 0 aliphatic carbocycles. The minimum Gasteiger partial charge on any atom is -0.397 e. The number of nitrogen functional groups attached to an aromatic ring is 1. The summed E-state index contributed by atoms with van der Waals surface area (Å²) in [4.78, 5) is 22.3. The predicted octanol–water partition coefficient (Wildman–Crippen LogP) is 0.516. The maximum Gasteiger partial charge on any atom is 0.275 e. The molecule has 1 aliphatic heterocycles. The summed E-state index contributed by atoms with van der Waals surface area (Å²) in [5, 5.41) is 0. The highest BCUT2D eigenvalue weighted by atomic mass is 16.2. The van der Waals surface area contributed by atoms with Crippen molar-refractivity contribution >= 4 is 11.6 Å². The van der Waals surface area contributed by atoms with Gasteiger partial charge in [-0.3, -0.25) is 4.79 Å². The first-order valence-corrected chi connectivity index (χ1v) is 5.75. The van der Waals surface area contributed by atoms with Crippen LogP contribution in [0.15, 0.2) is 30.7 Å². The van der Waals surface area contributed by atoms with Crippen LogP contribution in [0.1, 0.15) is 16.3 Å². The van der Waals surface area contributed by atoms with Crippen LogP contribution in [-0.4, -0.2) is 31.9 Å². The van der Waals surface area contributed by atoms with Crippen molar-refractivity contribution in [3.63, 3.8) is 0 Å². The quantitative estimate of drug-likeness (QED) is 0.792. The molecule has 6 nitrogen and oxygen atoms in total. The number of hydrogen-bond acceptors (Lipinski definition) is 4. The van der Waals surface area contributed by atoms with E-state index in [9.17, 15) is 4.79 Å². The minimum absolute atomic E-state index is 0.137. The molecular weight excluding hydrogens is 230 g/mol. The second-order valence-electron chi connectivity index (χ2n) is 4.20. The van der Waals surface area contributed by atoms with Gasteiger partial charge in [0.25, 0.3) is 5.91 Å². The summed E-state index contributed by atoms with van der Waals surface area (Å²) in [7, 11) is 0. The summed E-state index contributed by atoms with van der Waals surface area (Å²) in [6, 6.07) is 3.40. The smallest absolute Gasteiger partial charge is 0.275 e. The summed E-state index contributed by atoms with van der Waals surface area (Å²) >= 11 is 0. The zero-order chi connectivity index (χ0) is 12.5. The van der Waals surface area contributed by atoms with E-state index in [1.807, 2.05) is 10.8 Å². The Morgan fingerprint density at radius 1 is 1.28 bits per heavy atom. The topological polar surface area (TPSA) is 77.0 Å². The lowest BCUT2D eigenvalue weighted by molar-refractivity contribution is 0.0702. The number of pyridine rings is 1. The first-order chi connectivity index (χ1) is 8.75. The number of rotatable bonds is 1. The second kappa shape index (κ2) is 4.14. The van der Waals surface area contributed by atoms with Crippen LogP contribution >= 0.6 is 0 Å². The van der Waals surface area contributed by atoms with Gasteiger partial charge in [-0.05, 0) is 12.1 Å². The van der Waals surface area contributed by atoms with Crippen LogP contribution in [0.3, 0.4) is 0 Å². The van der Waals surface area contributed by atoms with E-state index < -0.39 is 0 Å². The molecule has 0 aromatic carbocycles. The monoisotopic (exact) mass is 243 g/mol. The molecule has 0 unspecified atom stereocenters. The zero-order valence-electron chi connectivity index (χ0n) is 9.78. The van der Waals surface area contributed by atoms with Crippen molar-refractivity contribution in [1.82, 2.24) is 19.4 Å². The SMILES string of the molecule is Nc1cccnc1C(=O)N1CCn2ccnc2C1. The number of aromatic nitrogens is 3. The molecule has 0 fully saturated rings. The third-order valence-electron chi connectivity index (χ3n) is 3.07. The summed E-state index contributed by atoms with van der Waals surface area (Å²) < 4.78 is 2.05. The molecule has 2 aromatic rings. The lowest BCUT2D eigenvalue weighted by Gasteiger charge is -2.27. The lowest BCUT2D eigenvalue weighted by atomic mass is 10.2. The largest absolute Gasteiger partial charge is 0.397 e. The van der Waals surface area contributed by atoms with Crippen LogP contribution in [0.2, 0.25) is 0 Å². The number of anilines is 1. The van der Waals surface area contributed by atoms with Crippen molar-refractivity contribution in [1.29, 1.82) is 0 Å². The molecule has 92 valence electrons. The molecule has 0 spiro atoms. The zero-order valence-corrected chi connectivity index (χ0v) is 9.78. The first-order valence-electron chi connectivity index (χ1n) is 5.75. The van der Waals surface area contributed by atoms with Crippen molar-refractivity contribution in [2.45, 2.75) is 13.1 Å². The number of hydrogen-bond donors (Lipinski definition) is 1. The van der Waals surface area contributed by atoms with Gasteiger partial charge >= 0.3 is 0 Å².